The van der Waals surface area contributed by atoms with Crippen LogP contribution in [-0.4, -0.2) is 26.0 Å². The third-order valence-electron chi connectivity index (χ3n) is 1.84. The number of benzene rings is 1. The lowest BCUT2D eigenvalue weighted by Crippen LogP contribution is -1.97. The van der Waals surface area contributed by atoms with E-state index in [9.17, 15) is 4.79 Å². The third kappa shape index (κ3) is 4.56. The van der Waals surface area contributed by atoms with Crippen molar-refractivity contribution in [2.45, 2.75) is 6.92 Å². The molecule has 0 aliphatic rings. The molecule has 2 rings (SSSR count). The summed E-state index contributed by atoms with van der Waals surface area (Å²) in [5, 5.41) is 8.80. The van der Waals surface area contributed by atoms with Crippen LogP contribution in [0.4, 0.5) is 0 Å². The minimum Gasteiger partial charge on any atom is -0.478 e. The Hall–Kier alpha value is -2.01. The zero-order valence-electron chi connectivity index (χ0n) is 9.04. The highest BCUT2D eigenvalue weighted by Crippen LogP contribution is 2.05. The molecule has 6 heteroatoms. The molecule has 1 heterocycles. The van der Waals surface area contributed by atoms with Crippen molar-refractivity contribution in [3.63, 3.8) is 0 Å². The van der Waals surface area contributed by atoms with Crippen molar-refractivity contribution in [3.8, 4) is 0 Å². The smallest absolute Gasteiger partial charge is 0.335 e. The van der Waals surface area contributed by atoms with Crippen molar-refractivity contribution in [3.05, 3.63) is 53.3 Å². The van der Waals surface area contributed by atoms with Crippen molar-refractivity contribution in [2.75, 3.05) is 0 Å². The number of hydrogen-bond acceptors (Lipinski definition) is 4. The van der Waals surface area contributed by atoms with Gasteiger partial charge in [-0.3, -0.25) is 0 Å². The second kappa shape index (κ2) is 6.55. The Labute approximate surface area is 103 Å². The summed E-state index contributed by atoms with van der Waals surface area (Å²) in [6.45, 7) is 1.78. The molecule has 1 aromatic carbocycles. The van der Waals surface area contributed by atoms with Gasteiger partial charge >= 0.3 is 5.97 Å². The summed E-state index contributed by atoms with van der Waals surface area (Å²) in [4.78, 5) is 21.0. The molecule has 0 fully saturated rings. The van der Waals surface area contributed by atoms with E-state index in [1.54, 1.807) is 25.1 Å². The van der Waals surface area contributed by atoms with E-state index in [0.29, 0.717) is 5.56 Å². The summed E-state index contributed by atoms with van der Waals surface area (Å²) in [6.07, 6.45) is 2.69. The second-order valence-corrected chi connectivity index (χ2v) is 3.37. The lowest BCUT2D eigenvalue weighted by atomic mass is 10.1. The van der Waals surface area contributed by atoms with E-state index in [0.717, 1.165) is 5.56 Å². The average Bonchev–Trinajstić information content (AvgIpc) is 2.31. The quantitative estimate of drug-likeness (QED) is 0.841. The normalized spacial score (nSPS) is 9.06. The van der Waals surface area contributed by atoms with Crippen LogP contribution in [0.2, 0.25) is 5.28 Å². The first-order valence-electron chi connectivity index (χ1n) is 4.67. The SMILES string of the molecule is Cc1ccccc1C(=O)O.Clc1ncncn1. The standard InChI is InChI=1S/C8H8O2.C3H2ClN3/c1-6-4-2-3-5-7(6)8(9)10;4-3-6-1-5-2-7-3/h2-5H,1H3,(H,9,10);1-2H. The topological polar surface area (TPSA) is 76.0 Å². The molecule has 5 nitrogen and oxygen atoms in total. The maximum absolute atomic E-state index is 10.4. The van der Waals surface area contributed by atoms with Crippen LogP contribution in [0.15, 0.2) is 36.9 Å². The van der Waals surface area contributed by atoms with Crippen molar-refractivity contribution in [2.24, 2.45) is 0 Å². The number of carboxylic acids is 1. The summed E-state index contributed by atoms with van der Waals surface area (Å²) < 4.78 is 0. The Kier molecular flexibility index (Phi) is 5.03. The first kappa shape index (κ1) is 13.1. The summed E-state index contributed by atoms with van der Waals surface area (Å²) in [7, 11) is 0. The number of carboxylic acid groups (broad SMARTS) is 1. The number of halogens is 1. The molecule has 1 N–H and O–H groups in total. The Morgan fingerprint density at radius 1 is 1.24 bits per heavy atom. The van der Waals surface area contributed by atoms with Crippen molar-refractivity contribution < 1.29 is 9.90 Å². The molecule has 0 bridgehead atoms. The van der Waals surface area contributed by atoms with Gasteiger partial charge in [-0.05, 0) is 30.2 Å². The van der Waals surface area contributed by atoms with Gasteiger partial charge in [0.1, 0.15) is 12.7 Å². The highest BCUT2D eigenvalue weighted by molar-refractivity contribution is 6.28. The predicted molar refractivity (Wildman–Crippen MR) is 63.0 cm³/mol. The van der Waals surface area contributed by atoms with E-state index >= 15 is 0 Å². The monoisotopic (exact) mass is 251 g/mol. The number of carbonyl (C=O) groups is 1. The van der Waals surface area contributed by atoms with Gasteiger partial charge in [0.25, 0.3) is 0 Å². The van der Waals surface area contributed by atoms with Gasteiger partial charge in [-0.25, -0.2) is 19.7 Å². The molecule has 1 aromatic heterocycles. The van der Waals surface area contributed by atoms with E-state index in [1.165, 1.54) is 12.7 Å². The van der Waals surface area contributed by atoms with Gasteiger partial charge in [0.05, 0.1) is 5.56 Å². The predicted octanol–water partition coefficient (Wildman–Crippen LogP) is 2.22. The fourth-order valence-corrected chi connectivity index (χ4v) is 1.13. The molecule has 0 aliphatic heterocycles. The molecule has 0 unspecified atom stereocenters. The lowest BCUT2D eigenvalue weighted by Gasteiger charge is -1.96. The highest BCUT2D eigenvalue weighted by Gasteiger charge is 2.02. The van der Waals surface area contributed by atoms with Crippen LogP contribution in [0.25, 0.3) is 0 Å². The third-order valence-corrected chi connectivity index (χ3v) is 2.03. The molecule has 17 heavy (non-hydrogen) atoms. The average molecular weight is 252 g/mol. The number of aryl methyl sites for hydroxylation is 1. The first-order chi connectivity index (χ1) is 8.11. The zero-order valence-corrected chi connectivity index (χ0v) is 9.80. The molecule has 0 aliphatic carbocycles. The van der Waals surface area contributed by atoms with Crippen LogP contribution in [0.3, 0.4) is 0 Å². The minimum absolute atomic E-state index is 0.231. The lowest BCUT2D eigenvalue weighted by molar-refractivity contribution is 0.0696. The van der Waals surface area contributed by atoms with Gasteiger partial charge in [0, 0.05) is 0 Å². The fraction of sp³-hybridized carbons (Fsp3) is 0.0909. The van der Waals surface area contributed by atoms with Crippen LogP contribution >= 0.6 is 11.6 Å². The second-order valence-electron chi connectivity index (χ2n) is 3.03. The van der Waals surface area contributed by atoms with Crippen LogP contribution in [0.5, 0.6) is 0 Å². The molecule has 0 saturated heterocycles. The minimum atomic E-state index is -0.863. The Morgan fingerprint density at radius 2 is 1.82 bits per heavy atom. The molecular weight excluding hydrogens is 242 g/mol. The Morgan fingerprint density at radius 3 is 2.18 bits per heavy atom. The maximum atomic E-state index is 10.4. The van der Waals surface area contributed by atoms with Gasteiger partial charge in [0.15, 0.2) is 0 Å². The van der Waals surface area contributed by atoms with Crippen LogP contribution < -0.4 is 0 Å². The molecule has 0 spiro atoms. The number of aromatic nitrogens is 3. The Bertz CT molecular complexity index is 491. The van der Waals surface area contributed by atoms with E-state index in [4.69, 9.17) is 16.7 Å². The number of rotatable bonds is 1. The molecular formula is C11H10ClN3O2. The molecule has 88 valence electrons. The van der Waals surface area contributed by atoms with E-state index in [1.807, 2.05) is 6.07 Å². The fourth-order valence-electron chi connectivity index (χ4n) is 1.04. The van der Waals surface area contributed by atoms with Gasteiger partial charge in [-0.2, -0.15) is 0 Å². The molecule has 0 amide bonds. The van der Waals surface area contributed by atoms with Gasteiger partial charge in [0.2, 0.25) is 5.28 Å². The molecule has 2 aromatic rings. The van der Waals surface area contributed by atoms with Crippen molar-refractivity contribution in [1.29, 1.82) is 0 Å². The summed E-state index contributed by atoms with van der Waals surface area (Å²) in [6, 6.07) is 6.92. The van der Waals surface area contributed by atoms with Crippen molar-refractivity contribution in [1.82, 2.24) is 15.0 Å². The highest BCUT2D eigenvalue weighted by atomic mass is 35.5. The van der Waals surface area contributed by atoms with Gasteiger partial charge < -0.3 is 5.11 Å². The van der Waals surface area contributed by atoms with Crippen LogP contribution in [0.1, 0.15) is 15.9 Å². The Balaban J connectivity index is 0.000000181. The summed E-state index contributed by atoms with van der Waals surface area (Å²) in [5.41, 5.74) is 1.18. The molecule has 0 atom stereocenters. The number of hydrogen-bond donors (Lipinski definition) is 1. The largest absolute Gasteiger partial charge is 0.478 e. The zero-order chi connectivity index (χ0) is 12.7. The van der Waals surface area contributed by atoms with Crippen LogP contribution in [-0.2, 0) is 0 Å². The summed E-state index contributed by atoms with van der Waals surface area (Å²) >= 11 is 5.28. The van der Waals surface area contributed by atoms with Gasteiger partial charge in [-0.15, -0.1) is 0 Å². The number of nitrogens with zero attached hydrogens (tertiary/aromatic N) is 3. The number of aromatic carboxylic acids is 1. The maximum Gasteiger partial charge on any atom is 0.335 e. The van der Waals surface area contributed by atoms with Crippen LogP contribution in [0, 0.1) is 6.92 Å². The van der Waals surface area contributed by atoms with Crippen molar-refractivity contribution >= 4 is 17.6 Å². The van der Waals surface area contributed by atoms with E-state index in [-0.39, 0.29) is 5.28 Å². The summed E-state index contributed by atoms with van der Waals surface area (Å²) in [5.74, 6) is -0.863. The molecule has 0 saturated carbocycles. The molecule has 0 radical (unpaired) electrons. The van der Waals surface area contributed by atoms with Gasteiger partial charge in [-0.1, -0.05) is 18.2 Å². The van der Waals surface area contributed by atoms with E-state index < -0.39 is 5.97 Å². The van der Waals surface area contributed by atoms with E-state index in [2.05, 4.69) is 15.0 Å². The first-order valence-corrected chi connectivity index (χ1v) is 5.05.